The van der Waals surface area contributed by atoms with Crippen LogP contribution in [0.15, 0.2) is 99.3 Å². The number of azo groups is 2. The van der Waals surface area contributed by atoms with Crippen molar-refractivity contribution in [3.8, 4) is 17.2 Å². The fraction of sp³-hybridized carbons (Fsp3) is 0.0435. The molecular formula is C23H18N4O3. The molecule has 0 bridgehead atoms. The molecule has 7 heteroatoms. The molecule has 0 aromatic heterocycles. The van der Waals surface area contributed by atoms with Crippen LogP contribution in [0.25, 0.3) is 10.8 Å². The van der Waals surface area contributed by atoms with Crippen LogP contribution in [0.1, 0.15) is 0 Å². The molecule has 4 rings (SSSR count). The Hall–Kier alpha value is -4.26. The number of methoxy groups -OCH3 is 1. The Balaban J connectivity index is 1.62. The highest BCUT2D eigenvalue weighted by atomic mass is 16.5. The normalized spacial score (nSPS) is 11.5. The second kappa shape index (κ2) is 8.40. The molecule has 30 heavy (non-hydrogen) atoms. The fourth-order valence-corrected chi connectivity index (χ4v) is 2.87. The van der Waals surface area contributed by atoms with Crippen LogP contribution in [-0.2, 0) is 0 Å². The van der Waals surface area contributed by atoms with Gasteiger partial charge in [-0.1, -0.05) is 30.3 Å². The maximum Gasteiger partial charge on any atom is 0.143 e. The third-order valence-corrected chi connectivity index (χ3v) is 4.45. The summed E-state index contributed by atoms with van der Waals surface area (Å²) in [6.45, 7) is 0. The molecule has 7 nitrogen and oxygen atoms in total. The van der Waals surface area contributed by atoms with Gasteiger partial charge in [-0.3, -0.25) is 0 Å². The zero-order valence-corrected chi connectivity index (χ0v) is 16.1. The molecule has 0 unspecified atom stereocenters. The van der Waals surface area contributed by atoms with E-state index in [0.717, 1.165) is 16.5 Å². The fourth-order valence-electron chi connectivity index (χ4n) is 2.87. The predicted octanol–water partition coefficient (Wildman–Crippen LogP) is 7.09. The van der Waals surface area contributed by atoms with E-state index in [-0.39, 0.29) is 17.2 Å². The number of aromatic hydroxyl groups is 2. The van der Waals surface area contributed by atoms with Gasteiger partial charge in [-0.15, -0.1) is 10.2 Å². The summed E-state index contributed by atoms with van der Waals surface area (Å²) in [7, 11) is 1.60. The molecular weight excluding hydrogens is 380 g/mol. The molecule has 0 atom stereocenters. The summed E-state index contributed by atoms with van der Waals surface area (Å²) in [6.07, 6.45) is 0. The minimum atomic E-state index is -0.0538. The van der Waals surface area contributed by atoms with E-state index in [2.05, 4.69) is 20.5 Å². The van der Waals surface area contributed by atoms with Crippen molar-refractivity contribution in [3.05, 3.63) is 78.9 Å². The number of phenols is 2. The van der Waals surface area contributed by atoms with Crippen molar-refractivity contribution in [2.45, 2.75) is 0 Å². The van der Waals surface area contributed by atoms with Crippen molar-refractivity contribution in [2.75, 3.05) is 7.11 Å². The molecule has 4 aromatic rings. The lowest BCUT2D eigenvalue weighted by Crippen LogP contribution is -1.79. The van der Waals surface area contributed by atoms with Gasteiger partial charge in [-0.05, 0) is 53.9 Å². The zero-order chi connectivity index (χ0) is 20.9. The molecule has 0 heterocycles. The van der Waals surface area contributed by atoms with Crippen LogP contribution in [0.4, 0.5) is 22.7 Å². The van der Waals surface area contributed by atoms with E-state index in [1.165, 1.54) is 6.07 Å². The quantitative estimate of drug-likeness (QED) is 0.351. The summed E-state index contributed by atoms with van der Waals surface area (Å²) < 4.78 is 5.12. The van der Waals surface area contributed by atoms with E-state index in [0.29, 0.717) is 17.1 Å². The highest BCUT2D eigenvalue weighted by molar-refractivity contribution is 5.95. The predicted molar refractivity (Wildman–Crippen MR) is 115 cm³/mol. The first-order chi connectivity index (χ1) is 14.6. The molecule has 0 amide bonds. The Morgan fingerprint density at radius 1 is 0.667 bits per heavy atom. The first-order valence-electron chi connectivity index (χ1n) is 9.15. The van der Waals surface area contributed by atoms with Crippen LogP contribution < -0.4 is 4.74 Å². The summed E-state index contributed by atoms with van der Waals surface area (Å²) in [6, 6.07) is 22.7. The molecule has 0 aliphatic rings. The number of phenolic OH excluding ortho intramolecular Hbond substituents is 2. The highest BCUT2D eigenvalue weighted by Crippen LogP contribution is 2.38. The van der Waals surface area contributed by atoms with Crippen molar-refractivity contribution < 1.29 is 14.9 Å². The Kier molecular flexibility index (Phi) is 5.34. The van der Waals surface area contributed by atoms with Crippen LogP contribution in [-0.4, -0.2) is 17.3 Å². The highest BCUT2D eigenvalue weighted by Gasteiger charge is 2.07. The van der Waals surface area contributed by atoms with Gasteiger partial charge in [-0.25, -0.2) is 0 Å². The van der Waals surface area contributed by atoms with Crippen LogP contribution in [0.5, 0.6) is 17.2 Å². The first kappa shape index (κ1) is 19.1. The topological polar surface area (TPSA) is 99.1 Å². The van der Waals surface area contributed by atoms with E-state index in [1.54, 1.807) is 55.6 Å². The van der Waals surface area contributed by atoms with Gasteiger partial charge < -0.3 is 14.9 Å². The van der Waals surface area contributed by atoms with Gasteiger partial charge in [0.05, 0.1) is 18.5 Å². The SMILES string of the molecule is COc1ccc(N=Nc2ccc(O)c(N=Nc3c(O)ccc4ccccc34)c2)cc1. The lowest BCUT2D eigenvalue weighted by Gasteiger charge is -2.04. The smallest absolute Gasteiger partial charge is 0.143 e. The molecule has 0 radical (unpaired) electrons. The van der Waals surface area contributed by atoms with Gasteiger partial charge >= 0.3 is 0 Å². The van der Waals surface area contributed by atoms with Gasteiger partial charge in [0.2, 0.25) is 0 Å². The average molecular weight is 398 g/mol. The largest absolute Gasteiger partial charge is 0.506 e. The minimum absolute atomic E-state index is 0.00675. The molecule has 0 aliphatic heterocycles. The second-order valence-electron chi connectivity index (χ2n) is 6.43. The van der Waals surface area contributed by atoms with E-state index in [1.807, 2.05) is 24.3 Å². The molecule has 0 aliphatic carbocycles. The number of ether oxygens (including phenoxy) is 1. The van der Waals surface area contributed by atoms with Crippen molar-refractivity contribution in [3.63, 3.8) is 0 Å². The van der Waals surface area contributed by atoms with Gasteiger partial charge in [0, 0.05) is 5.39 Å². The molecule has 4 aromatic carbocycles. The van der Waals surface area contributed by atoms with E-state index in [4.69, 9.17) is 4.74 Å². The Morgan fingerprint density at radius 2 is 1.37 bits per heavy atom. The molecule has 0 saturated heterocycles. The standard InChI is InChI=1S/C23H18N4O3/c1-30-18-10-7-16(8-11-18)24-25-17-9-13-21(28)20(14-17)26-27-23-19-5-3-2-4-15(19)6-12-22(23)29/h2-14,28-29H,1H3. The monoisotopic (exact) mass is 398 g/mol. The van der Waals surface area contributed by atoms with E-state index in [9.17, 15) is 10.2 Å². The molecule has 0 spiro atoms. The first-order valence-corrected chi connectivity index (χ1v) is 9.15. The molecule has 0 saturated carbocycles. The van der Waals surface area contributed by atoms with Crippen molar-refractivity contribution in [2.24, 2.45) is 20.5 Å². The lowest BCUT2D eigenvalue weighted by molar-refractivity contribution is 0.415. The van der Waals surface area contributed by atoms with Gasteiger partial charge in [0.15, 0.2) is 0 Å². The number of fused-ring (bicyclic) bond motifs is 1. The van der Waals surface area contributed by atoms with Gasteiger partial charge in [0.25, 0.3) is 0 Å². The molecule has 148 valence electrons. The van der Waals surface area contributed by atoms with E-state index < -0.39 is 0 Å². The number of benzene rings is 4. The lowest BCUT2D eigenvalue weighted by atomic mass is 10.1. The van der Waals surface area contributed by atoms with Crippen molar-refractivity contribution >= 4 is 33.5 Å². The number of hydrogen-bond donors (Lipinski definition) is 2. The number of nitrogens with zero attached hydrogens (tertiary/aromatic N) is 4. The van der Waals surface area contributed by atoms with Crippen LogP contribution in [0.3, 0.4) is 0 Å². The third kappa shape index (κ3) is 4.10. The Labute approximate surface area is 172 Å². The summed E-state index contributed by atoms with van der Waals surface area (Å²) >= 11 is 0. The third-order valence-electron chi connectivity index (χ3n) is 4.45. The maximum atomic E-state index is 10.2. The summed E-state index contributed by atoms with van der Waals surface area (Å²) in [5, 5.41) is 38.7. The van der Waals surface area contributed by atoms with Crippen molar-refractivity contribution in [1.82, 2.24) is 0 Å². The Morgan fingerprint density at radius 3 is 2.17 bits per heavy atom. The average Bonchev–Trinajstić information content (AvgIpc) is 2.79. The zero-order valence-electron chi connectivity index (χ0n) is 16.1. The number of rotatable bonds is 5. The van der Waals surface area contributed by atoms with E-state index >= 15 is 0 Å². The second-order valence-corrected chi connectivity index (χ2v) is 6.43. The minimum Gasteiger partial charge on any atom is -0.506 e. The Bertz CT molecular complexity index is 1250. The maximum absolute atomic E-state index is 10.2. The van der Waals surface area contributed by atoms with Crippen LogP contribution in [0.2, 0.25) is 0 Å². The summed E-state index contributed by atoms with van der Waals surface area (Å²) in [5.74, 6) is 0.687. The van der Waals surface area contributed by atoms with Gasteiger partial charge in [0.1, 0.15) is 28.6 Å². The summed E-state index contributed by atoms with van der Waals surface area (Å²) in [5.41, 5.74) is 1.71. The summed E-state index contributed by atoms with van der Waals surface area (Å²) in [4.78, 5) is 0. The molecule has 2 N–H and O–H groups in total. The van der Waals surface area contributed by atoms with Crippen LogP contribution in [0, 0.1) is 0 Å². The van der Waals surface area contributed by atoms with Gasteiger partial charge in [-0.2, -0.15) is 10.2 Å². The van der Waals surface area contributed by atoms with Crippen LogP contribution >= 0.6 is 0 Å². The van der Waals surface area contributed by atoms with Crippen molar-refractivity contribution in [1.29, 1.82) is 0 Å². The molecule has 0 fully saturated rings. The number of hydrogen-bond acceptors (Lipinski definition) is 7.